The average molecular weight is 156 g/mol. The van der Waals surface area contributed by atoms with Crippen LogP contribution in [0.5, 0.6) is 0 Å². The largest absolute Gasteiger partial charge is 0.396 e. The zero-order valence-corrected chi connectivity index (χ0v) is 7.60. The van der Waals surface area contributed by atoms with Crippen molar-refractivity contribution in [3.8, 4) is 0 Å². The van der Waals surface area contributed by atoms with Crippen LogP contribution in [-0.2, 0) is 0 Å². The van der Waals surface area contributed by atoms with Crippen LogP contribution < -0.4 is 0 Å². The van der Waals surface area contributed by atoms with Gasteiger partial charge < -0.3 is 5.11 Å². The second-order valence-electron chi connectivity index (χ2n) is 4.20. The van der Waals surface area contributed by atoms with Crippen LogP contribution in [0.3, 0.4) is 0 Å². The normalized spacial score (nSPS) is 22.4. The summed E-state index contributed by atoms with van der Waals surface area (Å²) in [5, 5.41) is 8.62. The minimum absolute atomic E-state index is 0.371. The van der Waals surface area contributed by atoms with E-state index < -0.39 is 0 Å². The van der Waals surface area contributed by atoms with Crippen LogP contribution in [0.1, 0.15) is 51.9 Å². The molecule has 66 valence electrons. The van der Waals surface area contributed by atoms with Gasteiger partial charge in [-0.25, -0.2) is 0 Å². The molecule has 0 radical (unpaired) electrons. The van der Waals surface area contributed by atoms with Gasteiger partial charge in [-0.15, -0.1) is 0 Å². The van der Waals surface area contributed by atoms with Gasteiger partial charge >= 0.3 is 0 Å². The number of aliphatic hydroxyl groups is 1. The summed E-state index contributed by atoms with van der Waals surface area (Å²) in [4.78, 5) is 0. The van der Waals surface area contributed by atoms with Gasteiger partial charge in [-0.1, -0.05) is 26.2 Å². The maximum Gasteiger partial charge on any atom is 0.0431 e. The van der Waals surface area contributed by atoms with Crippen LogP contribution in [0.4, 0.5) is 0 Å². The smallest absolute Gasteiger partial charge is 0.0431 e. The molecule has 0 atom stereocenters. The topological polar surface area (TPSA) is 20.2 Å². The zero-order chi connectivity index (χ0) is 8.16. The fraction of sp³-hybridized carbons (Fsp3) is 1.00. The Labute approximate surface area is 69.8 Å². The minimum Gasteiger partial charge on any atom is -0.396 e. The summed E-state index contributed by atoms with van der Waals surface area (Å²) in [6.07, 6.45) is 9.22. The molecule has 1 aliphatic carbocycles. The molecule has 11 heavy (non-hydrogen) atoms. The van der Waals surface area contributed by atoms with Gasteiger partial charge in [0.2, 0.25) is 0 Å². The van der Waals surface area contributed by atoms with E-state index in [9.17, 15) is 0 Å². The summed E-state index contributed by atoms with van der Waals surface area (Å²) < 4.78 is 0. The molecule has 1 saturated carbocycles. The molecule has 0 saturated heterocycles. The summed E-state index contributed by atoms with van der Waals surface area (Å²) in [5.41, 5.74) is 0.634. The van der Waals surface area contributed by atoms with Crippen molar-refractivity contribution >= 4 is 0 Å². The van der Waals surface area contributed by atoms with Gasteiger partial charge in [0.1, 0.15) is 0 Å². The molecule has 1 fully saturated rings. The Morgan fingerprint density at radius 3 is 2.36 bits per heavy atom. The lowest BCUT2D eigenvalue weighted by atomic mass is 9.83. The van der Waals surface area contributed by atoms with Crippen LogP contribution in [0, 0.1) is 5.41 Å². The van der Waals surface area contributed by atoms with Gasteiger partial charge in [-0.2, -0.15) is 0 Å². The van der Waals surface area contributed by atoms with Crippen molar-refractivity contribution in [1.29, 1.82) is 0 Å². The molecule has 0 unspecified atom stereocenters. The molecule has 1 heteroatoms. The van der Waals surface area contributed by atoms with Gasteiger partial charge in [-0.05, 0) is 31.1 Å². The van der Waals surface area contributed by atoms with E-state index in [0.717, 1.165) is 6.42 Å². The van der Waals surface area contributed by atoms with Gasteiger partial charge in [0, 0.05) is 6.61 Å². The predicted octanol–water partition coefficient (Wildman–Crippen LogP) is 2.73. The first-order valence-corrected chi connectivity index (χ1v) is 4.88. The van der Waals surface area contributed by atoms with E-state index in [2.05, 4.69) is 6.92 Å². The van der Waals surface area contributed by atoms with E-state index in [-0.39, 0.29) is 0 Å². The Morgan fingerprint density at radius 1 is 1.18 bits per heavy atom. The molecule has 1 aliphatic rings. The standard InChI is InChI=1S/C10H20O/c1-10(6-2-3-7-10)8-4-5-9-11/h11H,2-9H2,1H3. The SMILES string of the molecule is CC1(CCCCO)CCCC1. The molecule has 0 spiro atoms. The summed E-state index contributed by atoms with van der Waals surface area (Å²) in [6, 6.07) is 0. The van der Waals surface area contributed by atoms with Crippen molar-refractivity contribution in [3.05, 3.63) is 0 Å². The highest BCUT2D eigenvalue weighted by Crippen LogP contribution is 2.41. The van der Waals surface area contributed by atoms with E-state index in [4.69, 9.17) is 5.11 Å². The van der Waals surface area contributed by atoms with Gasteiger partial charge in [0.05, 0.1) is 0 Å². The third-order valence-electron chi connectivity index (χ3n) is 3.00. The first-order valence-electron chi connectivity index (χ1n) is 4.88. The monoisotopic (exact) mass is 156 g/mol. The van der Waals surface area contributed by atoms with Crippen LogP contribution in [0.25, 0.3) is 0 Å². The average Bonchev–Trinajstić information content (AvgIpc) is 2.38. The van der Waals surface area contributed by atoms with Gasteiger partial charge in [0.15, 0.2) is 0 Å². The number of rotatable bonds is 4. The Kier molecular flexibility index (Phi) is 3.38. The molecule has 0 amide bonds. The maximum absolute atomic E-state index is 8.62. The predicted molar refractivity (Wildman–Crippen MR) is 47.5 cm³/mol. The lowest BCUT2D eigenvalue weighted by molar-refractivity contribution is 0.251. The Bertz CT molecular complexity index is 103. The fourth-order valence-electron chi connectivity index (χ4n) is 2.14. The molecule has 1 N–H and O–H groups in total. The third-order valence-corrected chi connectivity index (χ3v) is 3.00. The minimum atomic E-state index is 0.371. The van der Waals surface area contributed by atoms with Crippen molar-refractivity contribution in [2.45, 2.75) is 51.9 Å². The third kappa shape index (κ3) is 2.82. The van der Waals surface area contributed by atoms with Gasteiger partial charge in [-0.3, -0.25) is 0 Å². The highest BCUT2D eigenvalue weighted by atomic mass is 16.2. The number of unbranched alkanes of at least 4 members (excludes halogenated alkanes) is 1. The Balaban J connectivity index is 2.13. The van der Waals surface area contributed by atoms with Crippen molar-refractivity contribution in [2.24, 2.45) is 5.41 Å². The first-order chi connectivity index (χ1) is 5.27. The Hall–Kier alpha value is -0.0400. The van der Waals surface area contributed by atoms with Crippen molar-refractivity contribution in [1.82, 2.24) is 0 Å². The number of hydrogen-bond acceptors (Lipinski definition) is 1. The van der Waals surface area contributed by atoms with Crippen molar-refractivity contribution < 1.29 is 5.11 Å². The van der Waals surface area contributed by atoms with Crippen LogP contribution >= 0.6 is 0 Å². The maximum atomic E-state index is 8.62. The Morgan fingerprint density at radius 2 is 1.82 bits per heavy atom. The first kappa shape index (κ1) is 9.05. The molecule has 0 aliphatic heterocycles. The van der Waals surface area contributed by atoms with Gasteiger partial charge in [0.25, 0.3) is 0 Å². The van der Waals surface area contributed by atoms with Crippen molar-refractivity contribution in [3.63, 3.8) is 0 Å². The lowest BCUT2D eigenvalue weighted by Crippen LogP contribution is -2.10. The second kappa shape index (κ2) is 4.10. The molecular formula is C10H20O. The summed E-state index contributed by atoms with van der Waals surface area (Å²) in [5.74, 6) is 0. The zero-order valence-electron chi connectivity index (χ0n) is 7.60. The molecular weight excluding hydrogens is 136 g/mol. The van der Waals surface area contributed by atoms with E-state index in [0.29, 0.717) is 12.0 Å². The van der Waals surface area contributed by atoms with E-state index >= 15 is 0 Å². The highest BCUT2D eigenvalue weighted by molar-refractivity contribution is 4.79. The molecule has 0 heterocycles. The quantitative estimate of drug-likeness (QED) is 0.620. The van der Waals surface area contributed by atoms with Crippen LogP contribution in [0.15, 0.2) is 0 Å². The summed E-state index contributed by atoms with van der Waals surface area (Å²) in [7, 11) is 0. The fourth-order valence-corrected chi connectivity index (χ4v) is 2.14. The molecule has 0 aromatic rings. The number of hydrogen-bond donors (Lipinski definition) is 1. The second-order valence-corrected chi connectivity index (χ2v) is 4.20. The molecule has 0 aromatic carbocycles. The lowest BCUT2D eigenvalue weighted by Gasteiger charge is -2.22. The van der Waals surface area contributed by atoms with E-state index in [1.54, 1.807) is 0 Å². The number of aliphatic hydroxyl groups excluding tert-OH is 1. The van der Waals surface area contributed by atoms with Crippen LogP contribution in [-0.4, -0.2) is 11.7 Å². The molecule has 1 nitrogen and oxygen atoms in total. The van der Waals surface area contributed by atoms with E-state index in [1.165, 1.54) is 38.5 Å². The molecule has 0 aromatic heterocycles. The highest BCUT2D eigenvalue weighted by Gasteiger charge is 2.27. The van der Waals surface area contributed by atoms with Crippen molar-refractivity contribution in [2.75, 3.05) is 6.61 Å². The van der Waals surface area contributed by atoms with Crippen LogP contribution in [0.2, 0.25) is 0 Å². The summed E-state index contributed by atoms with van der Waals surface area (Å²) in [6.45, 7) is 2.77. The summed E-state index contributed by atoms with van der Waals surface area (Å²) >= 11 is 0. The van der Waals surface area contributed by atoms with E-state index in [1.807, 2.05) is 0 Å². The molecule has 1 rings (SSSR count). The molecule has 0 bridgehead atoms.